The van der Waals surface area contributed by atoms with Gasteiger partial charge in [-0.15, -0.1) is 22.7 Å². The number of methoxy groups -OCH3 is 1. The number of fused-ring (bicyclic) bond motifs is 1. The molecule has 1 fully saturated rings. The number of pyridine rings is 1. The summed E-state index contributed by atoms with van der Waals surface area (Å²) in [6.45, 7) is 4.17. The molecule has 1 aliphatic heterocycles. The van der Waals surface area contributed by atoms with Crippen LogP contribution < -0.4 is 5.32 Å². The van der Waals surface area contributed by atoms with Gasteiger partial charge in [0, 0.05) is 49.6 Å². The number of thiophene rings is 1. The largest absolute Gasteiger partial charge is 0.383 e. The first-order chi connectivity index (χ1) is 14.6. The third-order valence-electron chi connectivity index (χ3n) is 5.25. The summed E-state index contributed by atoms with van der Waals surface area (Å²) in [5.74, 6) is 0.103. The van der Waals surface area contributed by atoms with E-state index < -0.39 is 0 Å². The van der Waals surface area contributed by atoms with E-state index in [1.165, 1.54) is 11.3 Å². The van der Waals surface area contributed by atoms with E-state index in [4.69, 9.17) is 4.74 Å². The number of nitrogens with zero attached hydrogens (tertiary/aromatic N) is 3. The molecule has 3 aromatic rings. The van der Waals surface area contributed by atoms with Gasteiger partial charge >= 0.3 is 0 Å². The van der Waals surface area contributed by atoms with Crippen LogP contribution in [0.15, 0.2) is 23.7 Å². The van der Waals surface area contributed by atoms with Crippen molar-refractivity contribution in [1.29, 1.82) is 0 Å². The average molecular weight is 445 g/mol. The Morgan fingerprint density at radius 3 is 3.03 bits per heavy atom. The van der Waals surface area contributed by atoms with E-state index in [9.17, 15) is 9.59 Å². The highest BCUT2D eigenvalue weighted by Gasteiger charge is 2.33. The SMILES string of the molecule is COCCNC(=O)c1sc2ncccc2c1[C@H]1CCN(C(=O)Cc2csc(C)n2)C1. The van der Waals surface area contributed by atoms with Gasteiger partial charge in [-0.05, 0) is 25.0 Å². The molecular formula is C21H24N4O3S2. The summed E-state index contributed by atoms with van der Waals surface area (Å²) in [5.41, 5.74) is 1.84. The molecule has 1 N–H and O–H groups in total. The molecule has 0 saturated carbocycles. The summed E-state index contributed by atoms with van der Waals surface area (Å²) >= 11 is 2.98. The highest BCUT2D eigenvalue weighted by atomic mass is 32.1. The van der Waals surface area contributed by atoms with Crippen molar-refractivity contribution in [3.8, 4) is 0 Å². The first-order valence-electron chi connectivity index (χ1n) is 9.90. The minimum absolute atomic E-state index is 0.0894. The van der Waals surface area contributed by atoms with Crippen LogP contribution in [0.25, 0.3) is 10.2 Å². The lowest BCUT2D eigenvalue weighted by Gasteiger charge is -2.17. The number of rotatable bonds is 7. The topological polar surface area (TPSA) is 84.4 Å². The van der Waals surface area contributed by atoms with Gasteiger partial charge in [-0.2, -0.15) is 0 Å². The highest BCUT2D eigenvalue weighted by molar-refractivity contribution is 7.20. The van der Waals surface area contributed by atoms with Crippen molar-refractivity contribution in [3.05, 3.63) is 44.9 Å². The molecule has 1 aliphatic rings. The molecule has 0 bridgehead atoms. The van der Waals surface area contributed by atoms with Crippen molar-refractivity contribution in [2.24, 2.45) is 0 Å². The number of amides is 2. The fourth-order valence-electron chi connectivity index (χ4n) is 3.85. The van der Waals surface area contributed by atoms with Crippen LogP contribution in [0.1, 0.15) is 38.3 Å². The zero-order valence-corrected chi connectivity index (χ0v) is 18.6. The van der Waals surface area contributed by atoms with Crippen LogP contribution in [0.5, 0.6) is 0 Å². The molecule has 158 valence electrons. The zero-order chi connectivity index (χ0) is 21.1. The van der Waals surface area contributed by atoms with Gasteiger partial charge in [0.15, 0.2) is 0 Å². The van der Waals surface area contributed by atoms with Gasteiger partial charge in [0.05, 0.1) is 28.6 Å². The summed E-state index contributed by atoms with van der Waals surface area (Å²) in [6.07, 6.45) is 2.91. The van der Waals surface area contributed by atoms with Crippen molar-refractivity contribution < 1.29 is 14.3 Å². The number of thiazole rings is 1. The third kappa shape index (κ3) is 4.38. The van der Waals surface area contributed by atoms with Gasteiger partial charge in [-0.1, -0.05) is 6.07 Å². The Balaban J connectivity index is 1.54. The molecule has 9 heteroatoms. The second-order valence-corrected chi connectivity index (χ2v) is 9.37. The molecule has 0 unspecified atom stereocenters. The number of aromatic nitrogens is 2. The Hall–Kier alpha value is -2.36. The summed E-state index contributed by atoms with van der Waals surface area (Å²) in [6, 6.07) is 3.91. The molecule has 0 spiro atoms. The maximum absolute atomic E-state index is 12.9. The van der Waals surface area contributed by atoms with Crippen molar-refractivity contribution in [2.75, 3.05) is 33.4 Å². The van der Waals surface area contributed by atoms with Crippen molar-refractivity contribution in [1.82, 2.24) is 20.2 Å². The lowest BCUT2D eigenvalue weighted by molar-refractivity contribution is -0.129. The normalized spacial score (nSPS) is 16.3. The van der Waals surface area contributed by atoms with Crippen molar-refractivity contribution >= 4 is 44.7 Å². The van der Waals surface area contributed by atoms with Gasteiger partial charge in [-0.25, -0.2) is 9.97 Å². The molecule has 7 nitrogen and oxygen atoms in total. The van der Waals surface area contributed by atoms with E-state index in [-0.39, 0.29) is 17.7 Å². The summed E-state index contributed by atoms with van der Waals surface area (Å²) in [7, 11) is 1.61. The molecule has 0 radical (unpaired) electrons. The standard InChI is InChI=1S/C21H24N4O3S2/c1-13-24-15(12-29-13)10-17(26)25-8-5-14(11-25)18-16-4-3-6-23-21(16)30-19(18)20(27)22-7-9-28-2/h3-4,6,12,14H,5,7-11H2,1-2H3,(H,22,27)/t14-/m0/s1. The number of aryl methyl sites for hydroxylation is 1. The fourth-order valence-corrected chi connectivity index (χ4v) is 5.61. The molecule has 1 saturated heterocycles. The Labute approximate surface area is 183 Å². The molecule has 0 aromatic carbocycles. The first-order valence-corrected chi connectivity index (χ1v) is 11.6. The van der Waals surface area contributed by atoms with Crippen LogP contribution in [0.4, 0.5) is 0 Å². The molecule has 2 amide bonds. The molecule has 3 aromatic heterocycles. The molecular weight excluding hydrogens is 420 g/mol. The fraction of sp³-hybridized carbons (Fsp3) is 0.429. The average Bonchev–Trinajstić information content (AvgIpc) is 3.45. The number of carbonyl (C=O) groups excluding carboxylic acids is 2. The smallest absolute Gasteiger partial charge is 0.261 e. The van der Waals surface area contributed by atoms with Gasteiger partial charge in [0.1, 0.15) is 4.83 Å². The van der Waals surface area contributed by atoms with Gasteiger partial charge in [-0.3, -0.25) is 9.59 Å². The predicted molar refractivity (Wildman–Crippen MR) is 118 cm³/mol. The monoisotopic (exact) mass is 444 g/mol. The Morgan fingerprint density at radius 1 is 1.40 bits per heavy atom. The van der Waals surface area contributed by atoms with E-state index in [1.807, 2.05) is 29.3 Å². The number of ether oxygens (including phenoxy) is 1. The lowest BCUT2D eigenvalue weighted by Crippen LogP contribution is -2.30. The van der Waals surface area contributed by atoms with Crippen molar-refractivity contribution in [3.63, 3.8) is 0 Å². The Kier molecular flexibility index (Phi) is 6.40. The van der Waals surface area contributed by atoms with Crippen LogP contribution in [0, 0.1) is 6.92 Å². The van der Waals surface area contributed by atoms with Gasteiger partial charge in [0.2, 0.25) is 5.91 Å². The predicted octanol–water partition coefficient (Wildman–Crippen LogP) is 3.00. The quantitative estimate of drug-likeness (QED) is 0.567. The van der Waals surface area contributed by atoms with E-state index in [0.29, 0.717) is 37.5 Å². The van der Waals surface area contributed by atoms with Crippen LogP contribution in [0.2, 0.25) is 0 Å². The van der Waals surface area contributed by atoms with E-state index in [1.54, 1.807) is 24.6 Å². The lowest BCUT2D eigenvalue weighted by atomic mass is 9.95. The zero-order valence-electron chi connectivity index (χ0n) is 17.0. The molecule has 1 atom stereocenters. The van der Waals surface area contributed by atoms with Crippen LogP contribution >= 0.6 is 22.7 Å². The number of hydrogen-bond donors (Lipinski definition) is 1. The van der Waals surface area contributed by atoms with E-state index in [2.05, 4.69) is 15.3 Å². The minimum Gasteiger partial charge on any atom is -0.383 e. The Bertz CT molecular complexity index is 1060. The van der Waals surface area contributed by atoms with E-state index >= 15 is 0 Å². The van der Waals surface area contributed by atoms with E-state index in [0.717, 1.165) is 32.9 Å². The maximum atomic E-state index is 12.9. The number of carbonyl (C=O) groups is 2. The molecule has 4 rings (SSSR count). The number of hydrogen-bond acceptors (Lipinski definition) is 7. The van der Waals surface area contributed by atoms with Crippen LogP contribution in [-0.4, -0.2) is 60.0 Å². The summed E-state index contributed by atoms with van der Waals surface area (Å²) in [4.78, 5) is 37.9. The second kappa shape index (κ2) is 9.20. The molecule has 0 aliphatic carbocycles. The van der Waals surface area contributed by atoms with Crippen LogP contribution in [-0.2, 0) is 16.0 Å². The molecule has 30 heavy (non-hydrogen) atoms. The van der Waals surface area contributed by atoms with Gasteiger partial charge < -0.3 is 15.0 Å². The second-order valence-electron chi connectivity index (χ2n) is 7.31. The first kappa shape index (κ1) is 20.9. The summed E-state index contributed by atoms with van der Waals surface area (Å²) in [5, 5.41) is 6.85. The van der Waals surface area contributed by atoms with Crippen molar-refractivity contribution in [2.45, 2.75) is 25.7 Å². The molecule has 4 heterocycles. The maximum Gasteiger partial charge on any atom is 0.261 e. The van der Waals surface area contributed by atoms with Crippen LogP contribution in [0.3, 0.4) is 0 Å². The highest BCUT2D eigenvalue weighted by Crippen LogP contribution is 2.39. The minimum atomic E-state index is -0.104. The summed E-state index contributed by atoms with van der Waals surface area (Å²) < 4.78 is 5.04. The Morgan fingerprint density at radius 2 is 2.27 bits per heavy atom. The third-order valence-corrected chi connectivity index (χ3v) is 7.20. The number of nitrogens with one attached hydrogen (secondary N) is 1. The van der Waals surface area contributed by atoms with Gasteiger partial charge in [0.25, 0.3) is 5.91 Å². The number of likely N-dealkylation sites (tertiary alicyclic amines) is 1.